The van der Waals surface area contributed by atoms with Crippen LogP contribution in [0.25, 0.3) is 0 Å². The molecule has 4 rings (SSSR count). The number of morpholine rings is 1. The summed E-state index contributed by atoms with van der Waals surface area (Å²) in [4.78, 5) is 25.1. The number of hydrogen-bond acceptors (Lipinski definition) is 5. The van der Waals surface area contributed by atoms with Crippen LogP contribution in [0.15, 0.2) is 30.5 Å². The summed E-state index contributed by atoms with van der Waals surface area (Å²) >= 11 is 0. The third-order valence-corrected chi connectivity index (χ3v) is 4.27. The van der Waals surface area contributed by atoms with Gasteiger partial charge in [0.2, 0.25) is 5.95 Å². The average Bonchev–Trinajstić information content (AvgIpc) is 2.91. The van der Waals surface area contributed by atoms with Gasteiger partial charge in [-0.25, -0.2) is 14.4 Å². The predicted molar refractivity (Wildman–Crippen MR) is 85.0 cm³/mol. The number of carbonyl (C=O) groups excluding carboxylic acids is 1. The summed E-state index contributed by atoms with van der Waals surface area (Å²) in [5.74, 6) is 0.228. The van der Waals surface area contributed by atoms with Crippen molar-refractivity contribution in [3.63, 3.8) is 0 Å². The number of halogens is 1. The fourth-order valence-corrected chi connectivity index (χ4v) is 3.03. The molecule has 0 spiro atoms. The van der Waals surface area contributed by atoms with Crippen molar-refractivity contribution in [1.29, 1.82) is 0 Å². The van der Waals surface area contributed by atoms with Crippen molar-refractivity contribution in [1.82, 2.24) is 14.9 Å². The number of ether oxygens (including phenoxy) is 1. The van der Waals surface area contributed by atoms with Crippen LogP contribution in [0.4, 0.5) is 10.3 Å². The van der Waals surface area contributed by atoms with E-state index < -0.39 is 0 Å². The zero-order chi connectivity index (χ0) is 16.5. The Kier molecular flexibility index (Phi) is 3.86. The van der Waals surface area contributed by atoms with Crippen molar-refractivity contribution in [3.8, 4) is 0 Å². The second-order valence-electron chi connectivity index (χ2n) is 5.92. The smallest absolute Gasteiger partial charge is 0.258 e. The lowest BCUT2D eigenvalue weighted by Crippen LogP contribution is -2.37. The first-order valence-corrected chi connectivity index (χ1v) is 7.93. The van der Waals surface area contributed by atoms with E-state index in [1.54, 1.807) is 17.2 Å². The summed E-state index contributed by atoms with van der Waals surface area (Å²) in [5, 5.41) is 0. The maximum Gasteiger partial charge on any atom is 0.258 e. The van der Waals surface area contributed by atoms with Gasteiger partial charge in [-0.05, 0) is 17.7 Å². The summed E-state index contributed by atoms with van der Waals surface area (Å²) in [6, 6.07) is 6.30. The molecule has 1 fully saturated rings. The molecule has 0 bridgehead atoms. The Morgan fingerprint density at radius 1 is 1.25 bits per heavy atom. The first-order chi connectivity index (χ1) is 11.7. The first-order valence-electron chi connectivity index (χ1n) is 7.93. The van der Waals surface area contributed by atoms with Crippen LogP contribution in [-0.2, 0) is 17.8 Å². The minimum Gasteiger partial charge on any atom is -0.378 e. The van der Waals surface area contributed by atoms with Crippen LogP contribution in [0, 0.1) is 5.82 Å². The van der Waals surface area contributed by atoms with Gasteiger partial charge in [0, 0.05) is 25.8 Å². The molecule has 24 heavy (non-hydrogen) atoms. The number of anilines is 1. The molecule has 1 saturated heterocycles. The molecule has 7 heteroatoms. The molecule has 0 unspecified atom stereocenters. The van der Waals surface area contributed by atoms with Crippen LogP contribution in [0.2, 0.25) is 0 Å². The van der Waals surface area contributed by atoms with Gasteiger partial charge in [0.25, 0.3) is 5.91 Å². The van der Waals surface area contributed by atoms with Crippen molar-refractivity contribution in [2.24, 2.45) is 0 Å². The highest BCUT2D eigenvalue weighted by molar-refractivity contribution is 5.97. The molecular weight excluding hydrogens is 311 g/mol. The van der Waals surface area contributed by atoms with Crippen molar-refractivity contribution < 1.29 is 13.9 Å². The standard InChI is InChI=1S/C17H17FN4O2/c18-13-3-1-2-12(8-13)10-22-11-15-14(16(22)23)9-19-17(20-15)21-4-6-24-7-5-21/h1-3,8-9H,4-7,10-11H2. The number of carbonyl (C=O) groups is 1. The number of hydrogen-bond donors (Lipinski definition) is 0. The van der Waals surface area contributed by atoms with Gasteiger partial charge in [0.15, 0.2) is 0 Å². The molecule has 1 aromatic heterocycles. The maximum atomic E-state index is 13.3. The van der Waals surface area contributed by atoms with Gasteiger partial charge in [0.1, 0.15) is 5.82 Å². The minimum absolute atomic E-state index is 0.109. The van der Waals surface area contributed by atoms with E-state index in [1.165, 1.54) is 12.1 Å². The molecule has 0 atom stereocenters. The van der Waals surface area contributed by atoms with E-state index in [4.69, 9.17) is 4.74 Å². The number of aromatic nitrogens is 2. The Labute approximate surface area is 138 Å². The molecule has 2 aliphatic heterocycles. The Hall–Kier alpha value is -2.54. The van der Waals surface area contributed by atoms with Crippen molar-refractivity contribution >= 4 is 11.9 Å². The molecule has 2 aromatic rings. The summed E-state index contributed by atoms with van der Waals surface area (Å²) in [7, 11) is 0. The summed E-state index contributed by atoms with van der Waals surface area (Å²) in [5.41, 5.74) is 2.02. The predicted octanol–water partition coefficient (Wildman–Crippen LogP) is 1.61. The second kappa shape index (κ2) is 6.16. The van der Waals surface area contributed by atoms with E-state index in [2.05, 4.69) is 14.9 Å². The van der Waals surface area contributed by atoms with E-state index in [0.29, 0.717) is 37.8 Å². The molecule has 0 N–H and O–H groups in total. The van der Waals surface area contributed by atoms with E-state index in [0.717, 1.165) is 24.3 Å². The quantitative estimate of drug-likeness (QED) is 0.857. The first kappa shape index (κ1) is 15.0. The van der Waals surface area contributed by atoms with E-state index in [9.17, 15) is 9.18 Å². The highest BCUT2D eigenvalue weighted by atomic mass is 19.1. The van der Waals surface area contributed by atoms with Gasteiger partial charge < -0.3 is 14.5 Å². The van der Waals surface area contributed by atoms with Gasteiger partial charge in [0.05, 0.1) is 31.0 Å². The minimum atomic E-state index is -0.300. The lowest BCUT2D eigenvalue weighted by atomic mass is 10.2. The van der Waals surface area contributed by atoms with E-state index in [-0.39, 0.29) is 11.7 Å². The molecule has 1 amide bonds. The summed E-state index contributed by atoms with van der Waals surface area (Å²) < 4.78 is 18.7. The third-order valence-electron chi connectivity index (χ3n) is 4.27. The molecule has 0 saturated carbocycles. The molecule has 2 aliphatic rings. The van der Waals surface area contributed by atoms with Crippen LogP contribution >= 0.6 is 0 Å². The number of benzene rings is 1. The van der Waals surface area contributed by atoms with Gasteiger partial charge in [-0.1, -0.05) is 12.1 Å². The van der Waals surface area contributed by atoms with Crippen LogP contribution < -0.4 is 4.90 Å². The fourth-order valence-electron chi connectivity index (χ4n) is 3.03. The molecule has 124 valence electrons. The van der Waals surface area contributed by atoms with Gasteiger partial charge in [-0.2, -0.15) is 0 Å². The van der Waals surface area contributed by atoms with E-state index >= 15 is 0 Å². The van der Waals surface area contributed by atoms with Gasteiger partial charge >= 0.3 is 0 Å². The molecular formula is C17H17FN4O2. The zero-order valence-electron chi connectivity index (χ0n) is 13.1. The highest BCUT2D eigenvalue weighted by Crippen LogP contribution is 2.24. The number of amides is 1. The summed E-state index contributed by atoms with van der Waals surface area (Å²) in [6.45, 7) is 3.60. The Morgan fingerprint density at radius 3 is 2.88 bits per heavy atom. The van der Waals surface area contributed by atoms with Gasteiger partial charge in [-0.3, -0.25) is 4.79 Å². The van der Waals surface area contributed by atoms with Crippen molar-refractivity contribution in [2.75, 3.05) is 31.2 Å². The SMILES string of the molecule is O=C1c2cnc(N3CCOCC3)nc2CN1Cc1cccc(F)c1. The van der Waals surface area contributed by atoms with Crippen molar-refractivity contribution in [2.45, 2.75) is 13.1 Å². The third kappa shape index (κ3) is 2.82. The van der Waals surface area contributed by atoms with Gasteiger partial charge in [-0.15, -0.1) is 0 Å². The molecule has 3 heterocycles. The average molecular weight is 328 g/mol. The monoisotopic (exact) mass is 328 g/mol. The normalized spacial score (nSPS) is 17.3. The molecule has 0 radical (unpaired) electrons. The Morgan fingerprint density at radius 2 is 2.08 bits per heavy atom. The fraction of sp³-hybridized carbons (Fsp3) is 0.353. The zero-order valence-corrected chi connectivity index (χ0v) is 13.1. The Balaban J connectivity index is 1.53. The topological polar surface area (TPSA) is 58.6 Å². The van der Waals surface area contributed by atoms with Crippen LogP contribution in [-0.4, -0.2) is 47.1 Å². The van der Waals surface area contributed by atoms with Crippen LogP contribution in [0.5, 0.6) is 0 Å². The maximum absolute atomic E-state index is 13.3. The molecule has 6 nitrogen and oxygen atoms in total. The number of rotatable bonds is 3. The number of fused-ring (bicyclic) bond motifs is 1. The largest absolute Gasteiger partial charge is 0.378 e. The lowest BCUT2D eigenvalue weighted by Gasteiger charge is -2.26. The van der Waals surface area contributed by atoms with E-state index in [1.807, 2.05) is 6.07 Å². The van der Waals surface area contributed by atoms with Crippen LogP contribution in [0.1, 0.15) is 21.6 Å². The summed E-state index contributed by atoms with van der Waals surface area (Å²) in [6.07, 6.45) is 1.60. The lowest BCUT2D eigenvalue weighted by molar-refractivity contribution is 0.0766. The van der Waals surface area contributed by atoms with Crippen LogP contribution in [0.3, 0.4) is 0 Å². The molecule has 1 aromatic carbocycles. The number of nitrogens with zero attached hydrogens (tertiary/aromatic N) is 4. The molecule has 0 aliphatic carbocycles. The Bertz CT molecular complexity index is 777. The highest BCUT2D eigenvalue weighted by Gasteiger charge is 2.30. The second-order valence-corrected chi connectivity index (χ2v) is 5.92. The van der Waals surface area contributed by atoms with Crippen molar-refractivity contribution in [3.05, 3.63) is 53.1 Å².